The lowest BCUT2D eigenvalue weighted by molar-refractivity contribution is -0.124. The Bertz CT molecular complexity index is 1130. The highest BCUT2D eigenvalue weighted by Gasteiger charge is 2.47. The number of fused-ring (bicyclic) bond motifs is 1. The maximum absolute atomic E-state index is 13.5. The largest absolute Gasteiger partial charge is 0.307 e. The summed E-state index contributed by atoms with van der Waals surface area (Å²) in [5.41, 5.74) is 3.36. The van der Waals surface area contributed by atoms with Gasteiger partial charge < -0.3 is 5.32 Å². The third kappa shape index (κ3) is 4.19. The van der Waals surface area contributed by atoms with Crippen molar-refractivity contribution in [3.63, 3.8) is 0 Å². The van der Waals surface area contributed by atoms with E-state index in [0.29, 0.717) is 28.5 Å². The number of pyridine rings is 1. The van der Waals surface area contributed by atoms with Gasteiger partial charge in [0.05, 0.1) is 5.92 Å². The number of carbonyl (C=O) groups is 2. The summed E-state index contributed by atoms with van der Waals surface area (Å²) in [7, 11) is 0. The third-order valence-corrected chi connectivity index (χ3v) is 6.32. The topological polar surface area (TPSA) is 71.4 Å². The summed E-state index contributed by atoms with van der Waals surface area (Å²) in [5.74, 6) is -0.695. The first kappa shape index (κ1) is 21.4. The van der Waals surface area contributed by atoms with Gasteiger partial charge in [-0.15, -0.1) is 0 Å². The lowest BCUT2D eigenvalue weighted by Crippen LogP contribution is -2.44. The van der Waals surface area contributed by atoms with E-state index >= 15 is 0 Å². The summed E-state index contributed by atoms with van der Waals surface area (Å²) in [6.07, 6.45) is 1.17. The Balaban J connectivity index is 1.83. The molecule has 0 bridgehead atoms. The van der Waals surface area contributed by atoms with Crippen LogP contribution < -0.4 is 5.32 Å². The first-order valence-electron chi connectivity index (χ1n) is 10.5. The minimum absolute atomic E-state index is 0.103. The maximum atomic E-state index is 13.5. The fourth-order valence-electron chi connectivity index (χ4n) is 4.75. The van der Waals surface area contributed by atoms with Crippen molar-refractivity contribution in [1.29, 1.82) is 0 Å². The molecule has 2 atom stereocenters. The number of aliphatic imine (C=N–C) groups is 1. The molecule has 0 spiro atoms. The number of aromatic nitrogens is 1. The van der Waals surface area contributed by atoms with Crippen molar-refractivity contribution in [3.8, 4) is 0 Å². The quantitative estimate of drug-likeness (QED) is 0.691. The number of hydrogen-bond donors (Lipinski definition) is 1. The molecule has 1 saturated carbocycles. The molecule has 2 unspecified atom stereocenters. The molecule has 160 valence electrons. The van der Waals surface area contributed by atoms with E-state index in [2.05, 4.69) is 24.1 Å². The fraction of sp³-hybridized carbons (Fsp3) is 0.360. The smallest absolute Gasteiger partial charge is 0.255 e. The van der Waals surface area contributed by atoms with E-state index in [1.54, 1.807) is 12.1 Å². The number of aryl methyl sites for hydroxylation is 1. The maximum Gasteiger partial charge on any atom is 0.255 e. The Labute approximate surface area is 187 Å². The molecular weight excluding hydrogens is 410 g/mol. The summed E-state index contributed by atoms with van der Waals surface area (Å²) in [5, 5.41) is 3.44. The van der Waals surface area contributed by atoms with Gasteiger partial charge in [-0.3, -0.25) is 14.6 Å². The number of halogens is 1. The molecule has 5 nitrogen and oxygen atoms in total. The molecule has 1 aromatic heterocycles. The van der Waals surface area contributed by atoms with Gasteiger partial charge in [0, 0.05) is 40.0 Å². The molecule has 2 aromatic rings. The van der Waals surface area contributed by atoms with Crippen molar-refractivity contribution in [3.05, 3.63) is 70.0 Å². The van der Waals surface area contributed by atoms with Crippen LogP contribution in [0.5, 0.6) is 0 Å². The fourth-order valence-corrected chi connectivity index (χ4v) is 5.00. The molecule has 4 rings (SSSR count). The Morgan fingerprint density at radius 1 is 1.06 bits per heavy atom. The van der Waals surface area contributed by atoms with Gasteiger partial charge in [0.1, 0.15) is 11.6 Å². The van der Waals surface area contributed by atoms with Crippen LogP contribution in [0, 0.1) is 18.3 Å². The molecule has 1 aromatic carbocycles. The zero-order valence-corrected chi connectivity index (χ0v) is 19.0. The summed E-state index contributed by atoms with van der Waals surface area (Å²) < 4.78 is 0. The number of benzene rings is 1. The number of nitrogens with one attached hydrogen (secondary N) is 1. The summed E-state index contributed by atoms with van der Waals surface area (Å²) in [4.78, 5) is 35.9. The van der Waals surface area contributed by atoms with Crippen LogP contribution in [-0.4, -0.2) is 22.4 Å². The van der Waals surface area contributed by atoms with Crippen molar-refractivity contribution in [2.75, 3.05) is 5.32 Å². The number of amides is 1. The summed E-state index contributed by atoms with van der Waals surface area (Å²) in [6.45, 7) is 7.86. The van der Waals surface area contributed by atoms with Crippen LogP contribution in [0.2, 0.25) is 5.02 Å². The van der Waals surface area contributed by atoms with Gasteiger partial charge in [0.2, 0.25) is 0 Å². The van der Waals surface area contributed by atoms with E-state index in [9.17, 15) is 9.59 Å². The molecule has 1 aliphatic carbocycles. The second-order valence-electron chi connectivity index (χ2n) is 9.18. The minimum atomic E-state index is -0.483. The Morgan fingerprint density at radius 3 is 2.52 bits per heavy atom. The molecule has 1 N–H and O–H groups in total. The van der Waals surface area contributed by atoms with E-state index in [-0.39, 0.29) is 17.1 Å². The third-order valence-electron chi connectivity index (χ3n) is 5.98. The Hall–Kier alpha value is -2.79. The highest BCUT2D eigenvalue weighted by atomic mass is 35.5. The summed E-state index contributed by atoms with van der Waals surface area (Å²) in [6, 6.07) is 12.9. The molecule has 1 aliphatic heterocycles. The van der Waals surface area contributed by atoms with Crippen LogP contribution in [0.1, 0.15) is 50.8 Å². The minimum Gasteiger partial charge on any atom is -0.307 e. The highest BCUT2D eigenvalue weighted by Crippen LogP contribution is 2.48. The number of allylic oxidation sites excluding steroid dienone is 1. The van der Waals surface area contributed by atoms with E-state index in [4.69, 9.17) is 16.6 Å². The average molecular weight is 436 g/mol. The standard InChI is InChI=1S/C25H26ClN3O2/c1-14-8-7-11-20(27-14)29-24(31)21-15(2)28-18-12-25(3,4)13-19(30)23(18)22(21)16-9-5-6-10-17(16)26/h5-11,22-23H,12-13H2,1-4H3,(H,27,29,31). The number of carbonyl (C=O) groups excluding carboxylic acids is 2. The molecule has 1 amide bonds. The predicted octanol–water partition coefficient (Wildman–Crippen LogP) is 5.50. The van der Waals surface area contributed by atoms with Crippen molar-refractivity contribution in [2.24, 2.45) is 16.3 Å². The Morgan fingerprint density at radius 2 is 1.81 bits per heavy atom. The van der Waals surface area contributed by atoms with E-state index in [1.807, 2.05) is 44.2 Å². The predicted molar refractivity (Wildman–Crippen MR) is 123 cm³/mol. The monoisotopic (exact) mass is 435 g/mol. The van der Waals surface area contributed by atoms with Crippen molar-refractivity contribution in [2.45, 2.75) is 46.5 Å². The number of ketones is 1. The SMILES string of the molecule is CC1=C(C(=O)Nc2cccc(C)n2)C(c2ccccc2Cl)C2C(=O)CC(C)(C)CC2=N1. The summed E-state index contributed by atoms with van der Waals surface area (Å²) >= 11 is 6.57. The van der Waals surface area contributed by atoms with Crippen LogP contribution in [0.3, 0.4) is 0 Å². The van der Waals surface area contributed by atoms with E-state index in [1.165, 1.54) is 0 Å². The first-order chi connectivity index (χ1) is 14.7. The molecule has 6 heteroatoms. The second kappa shape index (κ2) is 8.04. The molecule has 2 aliphatic rings. The normalized spacial score (nSPS) is 22.6. The van der Waals surface area contributed by atoms with Gasteiger partial charge in [-0.2, -0.15) is 0 Å². The van der Waals surface area contributed by atoms with Gasteiger partial charge in [-0.25, -0.2) is 4.98 Å². The molecule has 31 heavy (non-hydrogen) atoms. The van der Waals surface area contributed by atoms with Crippen LogP contribution in [0.4, 0.5) is 5.82 Å². The average Bonchev–Trinajstić information content (AvgIpc) is 2.66. The Kier molecular flexibility index (Phi) is 5.56. The van der Waals surface area contributed by atoms with Gasteiger partial charge in [-0.1, -0.05) is 49.7 Å². The van der Waals surface area contributed by atoms with Crippen molar-refractivity contribution >= 4 is 34.8 Å². The lowest BCUT2D eigenvalue weighted by atomic mass is 9.63. The first-order valence-corrected chi connectivity index (χ1v) is 10.8. The molecule has 1 fully saturated rings. The number of hydrogen-bond acceptors (Lipinski definition) is 4. The van der Waals surface area contributed by atoms with Gasteiger partial charge in [0.25, 0.3) is 5.91 Å². The zero-order valence-electron chi connectivity index (χ0n) is 18.2. The van der Waals surface area contributed by atoms with E-state index in [0.717, 1.165) is 23.4 Å². The van der Waals surface area contributed by atoms with Crippen LogP contribution in [0.25, 0.3) is 0 Å². The molecule has 0 radical (unpaired) electrons. The zero-order chi connectivity index (χ0) is 22.3. The molecule has 2 heterocycles. The van der Waals surface area contributed by atoms with Gasteiger partial charge >= 0.3 is 0 Å². The van der Waals surface area contributed by atoms with E-state index < -0.39 is 11.8 Å². The lowest BCUT2D eigenvalue weighted by Gasteiger charge is -2.41. The van der Waals surface area contributed by atoms with Crippen LogP contribution in [-0.2, 0) is 9.59 Å². The number of anilines is 1. The van der Waals surface area contributed by atoms with Crippen molar-refractivity contribution in [1.82, 2.24) is 4.98 Å². The molecular formula is C25H26ClN3O2. The number of Topliss-reactive ketones (excluding diaryl/α,β-unsaturated/α-hetero) is 1. The molecule has 0 saturated heterocycles. The van der Waals surface area contributed by atoms with Gasteiger partial charge in [0.15, 0.2) is 0 Å². The van der Waals surface area contributed by atoms with Crippen LogP contribution in [0.15, 0.2) is 58.7 Å². The van der Waals surface area contributed by atoms with Gasteiger partial charge in [-0.05, 0) is 49.4 Å². The van der Waals surface area contributed by atoms with Crippen molar-refractivity contribution < 1.29 is 9.59 Å². The number of rotatable bonds is 3. The van der Waals surface area contributed by atoms with Crippen LogP contribution >= 0.6 is 11.6 Å². The second-order valence-corrected chi connectivity index (χ2v) is 9.59. The highest BCUT2D eigenvalue weighted by molar-refractivity contribution is 6.31. The number of nitrogens with zero attached hydrogens (tertiary/aromatic N) is 2.